The molecule has 7 nitrogen and oxygen atoms in total. The van der Waals surface area contributed by atoms with Crippen LogP contribution in [0.1, 0.15) is 30.8 Å². The van der Waals surface area contributed by atoms with Gasteiger partial charge in [0.1, 0.15) is 5.01 Å². The molecule has 2 aromatic rings. The third-order valence-corrected chi connectivity index (χ3v) is 7.82. The molecule has 1 saturated heterocycles. The molecule has 3 rings (SSSR count). The molecule has 1 aliphatic rings. The first-order chi connectivity index (χ1) is 12.7. The van der Waals surface area contributed by atoms with Crippen LogP contribution < -0.4 is 0 Å². The van der Waals surface area contributed by atoms with Gasteiger partial charge in [0, 0.05) is 13.5 Å². The molecule has 0 N–H and O–H groups in total. The highest BCUT2D eigenvalue weighted by Crippen LogP contribution is 2.29. The van der Waals surface area contributed by atoms with E-state index in [1.165, 1.54) is 16.2 Å². The van der Waals surface area contributed by atoms with Crippen LogP contribution in [0.2, 0.25) is 0 Å². The molecule has 1 aromatic carbocycles. The summed E-state index contributed by atoms with van der Waals surface area (Å²) in [5.41, 5.74) is 0.892. The van der Waals surface area contributed by atoms with Gasteiger partial charge in [0.05, 0.1) is 27.8 Å². The maximum atomic E-state index is 12.3. The van der Waals surface area contributed by atoms with E-state index in [-0.39, 0.29) is 42.4 Å². The summed E-state index contributed by atoms with van der Waals surface area (Å²) in [5.74, 6) is -0.936. The lowest BCUT2D eigenvalue weighted by molar-refractivity contribution is -0.153. The van der Waals surface area contributed by atoms with E-state index in [4.69, 9.17) is 4.74 Å². The van der Waals surface area contributed by atoms with Crippen LogP contribution in [0, 0.1) is 5.92 Å². The topological polar surface area (TPSA) is 93.6 Å². The average Bonchev–Trinajstić information content (AvgIpc) is 3.21. The summed E-state index contributed by atoms with van der Waals surface area (Å²) in [7, 11) is -1.38. The fraction of sp³-hybridized carbons (Fsp3) is 0.500. The number of ether oxygens (including phenoxy) is 1. The molecule has 2 atom stereocenters. The van der Waals surface area contributed by atoms with Crippen molar-refractivity contribution in [3.8, 4) is 0 Å². The molecule has 0 spiro atoms. The minimum absolute atomic E-state index is 0.0184. The van der Waals surface area contributed by atoms with Gasteiger partial charge in [0.2, 0.25) is 0 Å². The Morgan fingerprint density at radius 1 is 1.37 bits per heavy atom. The maximum absolute atomic E-state index is 12.3. The fourth-order valence-electron chi connectivity index (χ4n) is 3.02. The number of fused-ring (bicyclic) bond motifs is 1. The second-order valence-electron chi connectivity index (χ2n) is 6.83. The second-order valence-corrected chi connectivity index (χ2v) is 10.1. The van der Waals surface area contributed by atoms with E-state index in [0.717, 1.165) is 15.2 Å². The maximum Gasteiger partial charge on any atom is 0.306 e. The van der Waals surface area contributed by atoms with Gasteiger partial charge in [-0.1, -0.05) is 12.1 Å². The van der Waals surface area contributed by atoms with Crippen LogP contribution in [0.4, 0.5) is 0 Å². The Morgan fingerprint density at radius 3 is 2.78 bits per heavy atom. The second kappa shape index (κ2) is 7.93. The number of sulfone groups is 1. The third-order valence-electron chi connectivity index (χ3n) is 4.78. The molecule has 0 radical (unpaired) electrons. The molecule has 0 bridgehead atoms. The first-order valence-corrected chi connectivity index (χ1v) is 11.4. The van der Waals surface area contributed by atoms with Gasteiger partial charge in [-0.2, -0.15) is 0 Å². The number of carbonyl (C=O) groups excluding carboxylic acids is 2. The zero-order valence-electron chi connectivity index (χ0n) is 15.3. The summed E-state index contributed by atoms with van der Waals surface area (Å²) in [6.07, 6.45) is 0.504. The van der Waals surface area contributed by atoms with E-state index in [9.17, 15) is 18.0 Å². The van der Waals surface area contributed by atoms with E-state index in [0.29, 0.717) is 6.42 Å². The molecule has 1 aromatic heterocycles. The number of carbonyl (C=O) groups is 2. The van der Waals surface area contributed by atoms with Gasteiger partial charge in [0.15, 0.2) is 16.4 Å². The van der Waals surface area contributed by atoms with Crippen LogP contribution in [0.5, 0.6) is 0 Å². The number of aromatic nitrogens is 1. The number of nitrogens with zero attached hydrogens (tertiary/aromatic N) is 2. The quantitative estimate of drug-likeness (QED) is 0.678. The number of esters is 1. The zero-order valence-corrected chi connectivity index (χ0v) is 16.9. The largest absolute Gasteiger partial charge is 0.456 e. The van der Waals surface area contributed by atoms with Crippen molar-refractivity contribution in [3.05, 3.63) is 29.3 Å². The molecule has 1 fully saturated rings. The molecule has 1 amide bonds. The Hall–Kier alpha value is -2.00. The highest BCUT2D eigenvalue weighted by atomic mass is 32.2. The number of amides is 1. The Kier molecular flexibility index (Phi) is 5.81. The van der Waals surface area contributed by atoms with Crippen molar-refractivity contribution < 1.29 is 22.7 Å². The van der Waals surface area contributed by atoms with E-state index >= 15 is 0 Å². The SMILES string of the molecule is C[C@@H](c1nc2ccccc2s1)N(C)C(=O)COC(=O)C[C@@H]1CCS(=O)(=O)C1. The molecule has 2 heterocycles. The van der Waals surface area contributed by atoms with Crippen molar-refractivity contribution >= 4 is 43.3 Å². The van der Waals surface area contributed by atoms with Gasteiger partial charge in [-0.3, -0.25) is 9.59 Å². The highest BCUT2D eigenvalue weighted by Gasteiger charge is 2.30. The number of thiazole rings is 1. The van der Waals surface area contributed by atoms with Crippen LogP contribution in [-0.4, -0.2) is 55.3 Å². The third kappa shape index (κ3) is 4.84. The molecule has 146 valence electrons. The number of hydrogen-bond donors (Lipinski definition) is 0. The first-order valence-electron chi connectivity index (χ1n) is 8.72. The van der Waals surface area contributed by atoms with Gasteiger partial charge >= 0.3 is 5.97 Å². The summed E-state index contributed by atoms with van der Waals surface area (Å²) < 4.78 is 29.0. The summed E-state index contributed by atoms with van der Waals surface area (Å²) in [6, 6.07) is 7.53. The standard InChI is InChI=1S/C18H22N2O5S2/c1-12(18-19-14-5-3-4-6-15(14)26-18)20(2)16(21)10-25-17(22)9-13-7-8-27(23,24)11-13/h3-6,12-13H,7-11H2,1-2H3/t12-,13-/m0/s1. The lowest BCUT2D eigenvalue weighted by Crippen LogP contribution is -2.33. The monoisotopic (exact) mass is 410 g/mol. The molecule has 1 aliphatic heterocycles. The Morgan fingerprint density at radius 2 is 2.11 bits per heavy atom. The van der Waals surface area contributed by atoms with Crippen molar-refractivity contribution in [1.82, 2.24) is 9.88 Å². The van der Waals surface area contributed by atoms with Gasteiger partial charge in [-0.25, -0.2) is 13.4 Å². The minimum atomic E-state index is -3.03. The lowest BCUT2D eigenvalue weighted by Gasteiger charge is -2.23. The van der Waals surface area contributed by atoms with Crippen molar-refractivity contribution in [3.63, 3.8) is 0 Å². The van der Waals surface area contributed by atoms with Gasteiger partial charge in [-0.05, 0) is 31.4 Å². The Bertz CT molecular complexity index is 921. The van der Waals surface area contributed by atoms with Gasteiger partial charge in [-0.15, -0.1) is 11.3 Å². The zero-order chi connectivity index (χ0) is 19.6. The predicted octanol–water partition coefficient (Wildman–Crippen LogP) is 2.18. The van der Waals surface area contributed by atoms with Gasteiger partial charge < -0.3 is 9.64 Å². The smallest absolute Gasteiger partial charge is 0.306 e. The number of hydrogen-bond acceptors (Lipinski definition) is 7. The molecule has 27 heavy (non-hydrogen) atoms. The predicted molar refractivity (Wildman–Crippen MR) is 103 cm³/mol. The van der Waals surface area contributed by atoms with E-state index < -0.39 is 15.8 Å². The molecule has 9 heteroatoms. The number of likely N-dealkylation sites (N-methyl/N-ethyl adjacent to an activating group) is 1. The van der Waals surface area contributed by atoms with E-state index in [1.54, 1.807) is 7.05 Å². The van der Waals surface area contributed by atoms with Crippen LogP contribution in [0.15, 0.2) is 24.3 Å². The van der Waals surface area contributed by atoms with Crippen LogP contribution >= 0.6 is 11.3 Å². The van der Waals surface area contributed by atoms with Crippen molar-refractivity contribution in [1.29, 1.82) is 0 Å². The van der Waals surface area contributed by atoms with E-state index in [1.807, 2.05) is 31.2 Å². The summed E-state index contributed by atoms with van der Waals surface area (Å²) in [6.45, 7) is 1.52. The Labute approximate surface area is 162 Å². The summed E-state index contributed by atoms with van der Waals surface area (Å²) >= 11 is 1.53. The lowest BCUT2D eigenvalue weighted by atomic mass is 10.1. The minimum Gasteiger partial charge on any atom is -0.456 e. The molecule has 0 unspecified atom stereocenters. The average molecular weight is 411 g/mol. The van der Waals surface area contributed by atoms with Crippen molar-refractivity contribution in [2.75, 3.05) is 25.2 Å². The Balaban J connectivity index is 1.51. The number of rotatable bonds is 6. The van der Waals surface area contributed by atoms with Crippen molar-refractivity contribution in [2.24, 2.45) is 5.92 Å². The summed E-state index contributed by atoms with van der Waals surface area (Å²) in [5, 5.41) is 0.814. The molecule has 0 saturated carbocycles. The highest BCUT2D eigenvalue weighted by molar-refractivity contribution is 7.91. The van der Waals surface area contributed by atoms with Crippen LogP contribution in [-0.2, 0) is 24.2 Å². The summed E-state index contributed by atoms with van der Waals surface area (Å²) in [4.78, 5) is 30.3. The van der Waals surface area contributed by atoms with Crippen LogP contribution in [0.3, 0.4) is 0 Å². The fourth-order valence-corrected chi connectivity index (χ4v) is 5.95. The van der Waals surface area contributed by atoms with Crippen LogP contribution in [0.25, 0.3) is 10.2 Å². The van der Waals surface area contributed by atoms with E-state index in [2.05, 4.69) is 4.98 Å². The number of benzene rings is 1. The first kappa shape index (κ1) is 19.8. The molecular formula is C18H22N2O5S2. The van der Waals surface area contributed by atoms with Gasteiger partial charge in [0.25, 0.3) is 5.91 Å². The molecule has 0 aliphatic carbocycles. The molecular weight excluding hydrogens is 388 g/mol. The van der Waals surface area contributed by atoms with Crippen molar-refractivity contribution in [2.45, 2.75) is 25.8 Å². The number of para-hydroxylation sites is 1. The normalized spacial score (nSPS) is 19.7.